The summed E-state index contributed by atoms with van der Waals surface area (Å²) < 4.78 is 23.8. The Hall–Kier alpha value is -4.72. The SMILES string of the molecule is CCC1(OC(=O)CCCNC(=O)OC(C)(C)C)C(=O)OCc2c1cc1n(c2=O)Cc2c-1nc1ccc(NC(=O)OC(C)(C)C)cc1c2[Si](C)(C)CC. The van der Waals surface area contributed by atoms with Crippen molar-refractivity contribution in [1.29, 1.82) is 0 Å². The highest BCUT2D eigenvalue weighted by molar-refractivity contribution is 6.91. The summed E-state index contributed by atoms with van der Waals surface area (Å²) in [6.45, 7) is 19.2. The van der Waals surface area contributed by atoms with E-state index in [9.17, 15) is 24.0 Å². The van der Waals surface area contributed by atoms with Gasteiger partial charge in [-0.25, -0.2) is 19.4 Å². The van der Waals surface area contributed by atoms with Crippen molar-refractivity contribution in [3.8, 4) is 11.4 Å². The summed E-state index contributed by atoms with van der Waals surface area (Å²) in [5.41, 5.74) is 0.402. The average Bonchev–Trinajstić information content (AvgIpc) is 3.39. The number of anilines is 1. The summed E-state index contributed by atoms with van der Waals surface area (Å²) in [7, 11) is -2.15. The fourth-order valence-electron chi connectivity index (χ4n) is 6.67. The maximum atomic E-state index is 14.3. The van der Waals surface area contributed by atoms with E-state index in [1.807, 2.05) is 12.1 Å². The number of ether oxygens (including phenoxy) is 4. The average molecular weight is 735 g/mol. The van der Waals surface area contributed by atoms with Gasteiger partial charge in [-0.1, -0.05) is 33.0 Å². The molecule has 0 saturated heterocycles. The third kappa shape index (κ3) is 7.71. The minimum Gasteiger partial charge on any atom is -0.457 e. The lowest BCUT2D eigenvalue weighted by atomic mass is 9.85. The number of hydrogen-bond acceptors (Lipinski definition) is 10. The number of amides is 2. The molecule has 0 saturated carbocycles. The first kappa shape index (κ1) is 38.5. The predicted octanol–water partition coefficient (Wildman–Crippen LogP) is 6.22. The van der Waals surface area contributed by atoms with Gasteiger partial charge in [0, 0.05) is 29.6 Å². The zero-order valence-electron chi connectivity index (χ0n) is 31.8. The second-order valence-electron chi connectivity index (χ2n) is 16.0. The zero-order valence-corrected chi connectivity index (χ0v) is 32.8. The number of esters is 2. The van der Waals surface area contributed by atoms with Crippen LogP contribution in [-0.2, 0) is 47.3 Å². The number of aromatic nitrogens is 2. The van der Waals surface area contributed by atoms with E-state index >= 15 is 0 Å². The predicted molar refractivity (Wildman–Crippen MR) is 199 cm³/mol. The van der Waals surface area contributed by atoms with E-state index in [1.165, 1.54) is 0 Å². The molecule has 0 fully saturated rings. The summed E-state index contributed by atoms with van der Waals surface area (Å²) in [5.74, 6) is -1.42. The number of pyridine rings is 2. The molecule has 3 aromatic rings. The molecule has 4 heterocycles. The molecule has 1 atom stereocenters. The van der Waals surface area contributed by atoms with Crippen molar-refractivity contribution in [1.82, 2.24) is 14.9 Å². The van der Waals surface area contributed by atoms with Crippen LogP contribution in [0.3, 0.4) is 0 Å². The molecule has 1 aromatic carbocycles. The van der Waals surface area contributed by atoms with Gasteiger partial charge in [0.2, 0.25) is 5.60 Å². The molecule has 0 radical (unpaired) electrons. The Kier molecular flexibility index (Phi) is 10.4. The van der Waals surface area contributed by atoms with Gasteiger partial charge in [0.15, 0.2) is 0 Å². The van der Waals surface area contributed by atoms with Gasteiger partial charge in [-0.2, -0.15) is 0 Å². The molecule has 13 nitrogen and oxygen atoms in total. The summed E-state index contributed by atoms with van der Waals surface area (Å²) in [6.07, 6.45) is -0.973. The van der Waals surface area contributed by atoms with Gasteiger partial charge in [-0.15, -0.1) is 0 Å². The Morgan fingerprint density at radius 1 is 0.981 bits per heavy atom. The first-order valence-electron chi connectivity index (χ1n) is 17.8. The molecule has 0 bridgehead atoms. The minimum absolute atomic E-state index is 0.0378. The van der Waals surface area contributed by atoms with Crippen molar-refractivity contribution >= 4 is 54.0 Å². The first-order valence-corrected chi connectivity index (χ1v) is 21.0. The second-order valence-corrected chi connectivity index (χ2v) is 21.0. The smallest absolute Gasteiger partial charge is 0.412 e. The van der Waals surface area contributed by atoms with Crippen LogP contribution in [0, 0.1) is 0 Å². The number of carbonyl (C=O) groups excluding carboxylic acids is 4. The fraction of sp³-hybridized carbons (Fsp3) is 0.526. The standard InChI is InChI=1S/C38H50N4O9Si/c1-11-38(49-29(43)14-13-17-39-34(46)50-36(3,4)5)26-19-28-30-24(20-42(28)32(44)25(26)21-48-33(38)45)31(52(9,10)12-2)23-18-22(15-16-27(23)41-30)40-35(47)51-37(6,7)8/h15-16,18-19H,11-14,17,20-21H2,1-10H3,(H,39,46)(H,40,47). The van der Waals surface area contributed by atoms with Crippen LogP contribution >= 0.6 is 0 Å². The van der Waals surface area contributed by atoms with Crippen LogP contribution in [0.5, 0.6) is 0 Å². The van der Waals surface area contributed by atoms with Crippen LogP contribution in [-0.4, -0.2) is 59.5 Å². The van der Waals surface area contributed by atoms with Gasteiger partial charge in [-0.05, 0) is 89.4 Å². The van der Waals surface area contributed by atoms with E-state index in [-0.39, 0.29) is 50.1 Å². The highest BCUT2D eigenvalue weighted by Gasteiger charge is 2.50. The molecule has 280 valence electrons. The van der Waals surface area contributed by atoms with E-state index in [1.54, 1.807) is 65.2 Å². The van der Waals surface area contributed by atoms with Crippen LogP contribution in [0.2, 0.25) is 19.1 Å². The Bertz CT molecular complexity index is 2010. The quantitative estimate of drug-likeness (QED) is 0.0874. The van der Waals surface area contributed by atoms with Crippen LogP contribution in [0.4, 0.5) is 15.3 Å². The van der Waals surface area contributed by atoms with Gasteiger partial charge in [0.25, 0.3) is 5.56 Å². The normalized spacial score (nSPS) is 16.7. The molecule has 2 aliphatic rings. The molecule has 2 N–H and O–H groups in total. The van der Waals surface area contributed by atoms with Crippen molar-refractivity contribution in [2.24, 2.45) is 0 Å². The van der Waals surface area contributed by atoms with Gasteiger partial charge in [-0.3, -0.25) is 14.9 Å². The Morgan fingerprint density at radius 3 is 2.29 bits per heavy atom. The Labute approximate surface area is 304 Å². The summed E-state index contributed by atoms with van der Waals surface area (Å²) >= 11 is 0. The number of hydrogen-bond donors (Lipinski definition) is 2. The number of carbonyl (C=O) groups is 4. The van der Waals surface area contributed by atoms with E-state index in [2.05, 4.69) is 30.7 Å². The van der Waals surface area contributed by atoms with Crippen molar-refractivity contribution in [2.45, 2.75) is 124 Å². The Morgan fingerprint density at radius 2 is 1.65 bits per heavy atom. The molecule has 5 rings (SSSR count). The number of benzene rings is 1. The van der Waals surface area contributed by atoms with Crippen LogP contribution in [0.25, 0.3) is 22.3 Å². The lowest BCUT2D eigenvalue weighted by Gasteiger charge is -2.35. The highest BCUT2D eigenvalue weighted by Crippen LogP contribution is 2.41. The van der Waals surface area contributed by atoms with Crippen LogP contribution in [0.1, 0.15) is 91.3 Å². The molecular weight excluding hydrogens is 685 g/mol. The lowest BCUT2D eigenvalue weighted by molar-refractivity contribution is -0.189. The molecule has 52 heavy (non-hydrogen) atoms. The van der Waals surface area contributed by atoms with Crippen LogP contribution < -0.4 is 21.4 Å². The molecule has 0 aliphatic carbocycles. The Balaban J connectivity index is 1.53. The second kappa shape index (κ2) is 14.0. The van der Waals surface area contributed by atoms with Crippen LogP contribution in [0.15, 0.2) is 29.1 Å². The number of rotatable bonds is 9. The van der Waals surface area contributed by atoms with Crippen molar-refractivity contribution in [3.05, 3.63) is 51.3 Å². The van der Waals surface area contributed by atoms with Gasteiger partial charge in [0.1, 0.15) is 17.8 Å². The third-order valence-corrected chi connectivity index (χ3v) is 13.1. The lowest BCUT2D eigenvalue weighted by Crippen LogP contribution is -2.47. The molecule has 0 spiro atoms. The zero-order chi connectivity index (χ0) is 38.4. The molecule has 2 aromatic heterocycles. The van der Waals surface area contributed by atoms with E-state index in [4.69, 9.17) is 23.9 Å². The molecule has 2 aliphatic heterocycles. The van der Waals surface area contributed by atoms with Crippen molar-refractivity contribution < 1.29 is 38.1 Å². The third-order valence-electron chi connectivity index (χ3n) is 9.38. The van der Waals surface area contributed by atoms with E-state index in [0.717, 1.165) is 22.2 Å². The number of nitrogens with one attached hydrogen (secondary N) is 2. The molecular formula is C38H50N4O9Si. The summed E-state index contributed by atoms with van der Waals surface area (Å²) in [5, 5.41) is 7.48. The number of nitrogens with zero attached hydrogens (tertiary/aromatic N) is 2. The summed E-state index contributed by atoms with van der Waals surface area (Å²) in [6, 6.07) is 8.20. The maximum absolute atomic E-state index is 14.3. The van der Waals surface area contributed by atoms with E-state index < -0.39 is 49.0 Å². The molecule has 1 unspecified atom stereocenters. The van der Waals surface area contributed by atoms with Crippen molar-refractivity contribution in [2.75, 3.05) is 11.9 Å². The number of alkyl carbamates (subject to hydrolysis) is 1. The largest absolute Gasteiger partial charge is 0.457 e. The summed E-state index contributed by atoms with van der Waals surface area (Å²) in [4.78, 5) is 70.7. The van der Waals surface area contributed by atoms with Gasteiger partial charge < -0.3 is 28.8 Å². The monoisotopic (exact) mass is 734 g/mol. The number of fused-ring (bicyclic) bond motifs is 5. The van der Waals surface area contributed by atoms with E-state index in [0.29, 0.717) is 28.2 Å². The minimum atomic E-state index is -2.15. The number of cyclic esters (lactones) is 1. The van der Waals surface area contributed by atoms with Crippen molar-refractivity contribution in [3.63, 3.8) is 0 Å². The molecule has 14 heteroatoms. The van der Waals surface area contributed by atoms with Gasteiger partial charge in [0.05, 0.1) is 37.1 Å². The maximum Gasteiger partial charge on any atom is 0.412 e. The first-order chi connectivity index (χ1) is 24.2. The highest BCUT2D eigenvalue weighted by atomic mass is 28.3. The van der Waals surface area contributed by atoms with Gasteiger partial charge >= 0.3 is 24.1 Å². The molecule has 2 amide bonds. The topological polar surface area (TPSA) is 164 Å². The fourth-order valence-corrected chi connectivity index (χ4v) is 8.97.